The Morgan fingerprint density at radius 3 is 2.41 bits per heavy atom. The second-order valence-corrected chi connectivity index (χ2v) is 14.0. The van der Waals surface area contributed by atoms with Crippen molar-refractivity contribution in [1.29, 1.82) is 0 Å². The second kappa shape index (κ2) is 12.6. The molecule has 5 atom stereocenters. The van der Waals surface area contributed by atoms with Crippen molar-refractivity contribution in [3.63, 3.8) is 0 Å². The summed E-state index contributed by atoms with van der Waals surface area (Å²) < 4.78 is 0. The van der Waals surface area contributed by atoms with Gasteiger partial charge in [0.2, 0.25) is 5.91 Å². The van der Waals surface area contributed by atoms with E-state index in [-0.39, 0.29) is 0 Å². The standard InChI is InChI=1S/C30H55N5O2/c1-30(2,3)25-9-7-22(8-10-25)27-20-26(33-37-27)18-24-21-31-13-11-23(24)19-29(36)35-16-14-34(15-17-35)28-6-4-5-12-32-28/h22-28,31-33H,4-21H2,1-3H3. The van der Waals surface area contributed by atoms with Gasteiger partial charge in [0.1, 0.15) is 0 Å². The summed E-state index contributed by atoms with van der Waals surface area (Å²) in [6.07, 6.45) is 14.2. The topological polar surface area (TPSA) is 68.9 Å². The third kappa shape index (κ3) is 7.27. The van der Waals surface area contributed by atoms with Crippen LogP contribution >= 0.6 is 0 Å². The molecule has 0 spiro atoms. The molecule has 0 aromatic heterocycles. The zero-order chi connectivity index (χ0) is 25.8. The van der Waals surface area contributed by atoms with Crippen molar-refractivity contribution in [3.05, 3.63) is 0 Å². The molecule has 4 aliphatic heterocycles. The van der Waals surface area contributed by atoms with Gasteiger partial charge in [0.25, 0.3) is 0 Å². The predicted molar refractivity (Wildman–Crippen MR) is 149 cm³/mol. The highest BCUT2D eigenvalue weighted by molar-refractivity contribution is 5.76. The highest BCUT2D eigenvalue weighted by atomic mass is 16.7. The maximum Gasteiger partial charge on any atom is 0.222 e. The van der Waals surface area contributed by atoms with Crippen LogP contribution in [0.4, 0.5) is 0 Å². The van der Waals surface area contributed by atoms with E-state index in [1.807, 2.05) is 0 Å². The number of carbonyl (C=O) groups is 1. The van der Waals surface area contributed by atoms with Gasteiger partial charge < -0.3 is 15.5 Å². The van der Waals surface area contributed by atoms with Crippen molar-refractivity contribution in [2.24, 2.45) is 29.1 Å². The van der Waals surface area contributed by atoms with Gasteiger partial charge >= 0.3 is 0 Å². The van der Waals surface area contributed by atoms with Crippen molar-refractivity contribution in [2.45, 2.75) is 110 Å². The first-order valence-corrected chi connectivity index (χ1v) is 15.7. The molecule has 4 heterocycles. The third-order valence-electron chi connectivity index (χ3n) is 10.6. The smallest absolute Gasteiger partial charge is 0.222 e. The van der Waals surface area contributed by atoms with Crippen LogP contribution in [0, 0.1) is 29.1 Å². The molecular weight excluding hydrogens is 462 g/mol. The first-order chi connectivity index (χ1) is 17.9. The number of carbonyl (C=O) groups excluding carboxylic acids is 1. The lowest BCUT2D eigenvalue weighted by Gasteiger charge is -2.42. The minimum atomic E-state index is 0.373. The SMILES string of the molecule is CC(C)(C)C1CCC(C2CC(CC3CNCCC3CC(=O)N3CCN(C4CCCCN4)CC3)NO2)CC1. The van der Waals surface area contributed by atoms with Crippen LogP contribution in [0.2, 0.25) is 0 Å². The summed E-state index contributed by atoms with van der Waals surface area (Å²) in [5.74, 6) is 3.00. The van der Waals surface area contributed by atoms with Crippen molar-refractivity contribution in [2.75, 3.05) is 45.8 Å². The Bertz CT molecular complexity index is 720. The summed E-state index contributed by atoms with van der Waals surface area (Å²) >= 11 is 0. The molecule has 0 aromatic rings. The van der Waals surface area contributed by atoms with Crippen LogP contribution in [0.5, 0.6) is 0 Å². The molecule has 1 aliphatic carbocycles. The minimum Gasteiger partial charge on any atom is -0.340 e. The van der Waals surface area contributed by atoms with Crippen LogP contribution < -0.4 is 16.1 Å². The summed E-state index contributed by atoms with van der Waals surface area (Å²) in [6, 6.07) is 0.430. The summed E-state index contributed by atoms with van der Waals surface area (Å²) in [6.45, 7) is 14.2. The number of piperidine rings is 2. The maximum absolute atomic E-state index is 13.3. The lowest BCUT2D eigenvalue weighted by Crippen LogP contribution is -2.57. The van der Waals surface area contributed by atoms with Gasteiger partial charge in [-0.05, 0) is 113 Å². The molecular formula is C30H55N5O2. The fourth-order valence-electron chi connectivity index (χ4n) is 8.02. The highest BCUT2D eigenvalue weighted by Gasteiger charge is 2.39. The van der Waals surface area contributed by atoms with Gasteiger partial charge in [-0.25, -0.2) is 0 Å². The molecule has 5 fully saturated rings. The van der Waals surface area contributed by atoms with Crippen LogP contribution in [-0.4, -0.2) is 79.8 Å². The van der Waals surface area contributed by atoms with E-state index >= 15 is 0 Å². The van der Waals surface area contributed by atoms with E-state index in [1.165, 1.54) is 44.9 Å². The Balaban J connectivity index is 1.05. The number of amides is 1. The predicted octanol–water partition coefficient (Wildman–Crippen LogP) is 3.75. The Kier molecular flexibility index (Phi) is 9.50. The molecule has 5 unspecified atom stereocenters. The van der Waals surface area contributed by atoms with E-state index in [9.17, 15) is 4.79 Å². The van der Waals surface area contributed by atoms with Crippen molar-refractivity contribution < 1.29 is 9.63 Å². The van der Waals surface area contributed by atoms with Gasteiger partial charge in [-0.3, -0.25) is 14.5 Å². The van der Waals surface area contributed by atoms with E-state index in [0.29, 0.717) is 47.4 Å². The van der Waals surface area contributed by atoms with Crippen molar-refractivity contribution in [3.8, 4) is 0 Å². The van der Waals surface area contributed by atoms with E-state index in [4.69, 9.17) is 4.84 Å². The van der Waals surface area contributed by atoms with Gasteiger partial charge in [-0.15, -0.1) is 0 Å². The van der Waals surface area contributed by atoms with E-state index in [1.54, 1.807) is 0 Å². The number of nitrogens with one attached hydrogen (secondary N) is 3. The molecule has 0 aromatic carbocycles. The molecule has 37 heavy (non-hydrogen) atoms. The molecule has 1 saturated carbocycles. The van der Waals surface area contributed by atoms with Crippen molar-refractivity contribution >= 4 is 5.91 Å². The molecule has 5 rings (SSSR count). The Hall–Kier alpha value is -0.730. The maximum atomic E-state index is 13.3. The number of piperazine rings is 1. The number of hydrogen-bond donors (Lipinski definition) is 3. The average molecular weight is 518 g/mol. The van der Waals surface area contributed by atoms with Crippen LogP contribution in [0.3, 0.4) is 0 Å². The zero-order valence-electron chi connectivity index (χ0n) is 24.0. The molecule has 1 amide bonds. The van der Waals surface area contributed by atoms with Crippen LogP contribution in [0.15, 0.2) is 0 Å². The van der Waals surface area contributed by atoms with E-state index in [0.717, 1.165) is 77.4 Å². The van der Waals surface area contributed by atoms with E-state index in [2.05, 4.69) is 46.7 Å². The van der Waals surface area contributed by atoms with Crippen molar-refractivity contribution in [1.82, 2.24) is 25.9 Å². The molecule has 3 N–H and O–H groups in total. The molecule has 0 radical (unpaired) electrons. The Morgan fingerprint density at radius 1 is 0.919 bits per heavy atom. The van der Waals surface area contributed by atoms with Crippen LogP contribution in [-0.2, 0) is 9.63 Å². The van der Waals surface area contributed by atoms with Gasteiger partial charge in [0, 0.05) is 38.6 Å². The molecule has 5 aliphatic rings. The minimum absolute atomic E-state index is 0.373. The lowest BCUT2D eigenvalue weighted by molar-refractivity contribution is -0.135. The number of hydroxylamine groups is 1. The molecule has 4 saturated heterocycles. The largest absolute Gasteiger partial charge is 0.340 e. The quantitative estimate of drug-likeness (QED) is 0.499. The third-order valence-corrected chi connectivity index (χ3v) is 10.6. The van der Waals surface area contributed by atoms with Gasteiger partial charge in [0.15, 0.2) is 0 Å². The molecule has 7 heteroatoms. The normalized spacial score (nSPS) is 38.6. The zero-order valence-corrected chi connectivity index (χ0v) is 24.0. The lowest BCUT2D eigenvalue weighted by atomic mass is 9.68. The molecule has 7 nitrogen and oxygen atoms in total. The van der Waals surface area contributed by atoms with Gasteiger partial charge in [-0.2, -0.15) is 5.48 Å². The summed E-state index contributed by atoms with van der Waals surface area (Å²) in [5.41, 5.74) is 3.86. The summed E-state index contributed by atoms with van der Waals surface area (Å²) in [7, 11) is 0. The Labute approximate surface area is 226 Å². The van der Waals surface area contributed by atoms with Gasteiger partial charge in [0.05, 0.1) is 12.3 Å². The summed E-state index contributed by atoms with van der Waals surface area (Å²) in [4.78, 5) is 24.2. The average Bonchev–Trinajstić information content (AvgIpc) is 3.38. The highest BCUT2D eigenvalue weighted by Crippen LogP contribution is 2.42. The van der Waals surface area contributed by atoms with Crippen LogP contribution in [0.25, 0.3) is 0 Å². The number of nitrogens with zero attached hydrogens (tertiary/aromatic N) is 2. The first-order valence-electron chi connectivity index (χ1n) is 15.7. The fourth-order valence-corrected chi connectivity index (χ4v) is 8.02. The van der Waals surface area contributed by atoms with Gasteiger partial charge in [-0.1, -0.05) is 20.8 Å². The molecule has 0 bridgehead atoms. The number of hydrogen-bond acceptors (Lipinski definition) is 6. The van der Waals surface area contributed by atoms with E-state index < -0.39 is 0 Å². The second-order valence-electron chi connectivity index (χ2n) is 14.0. The number of rotatable bonds is 6. The Morgan fingerprint density at radius 2 is 1.70 bits per heavy atom. The first kappa shape index (κ1) is 27.8. The molecule has 212 valence electrons. The fraction of sp³-hybridized carbons (Fsp3) is 0.967. The van der Waals surface area contributed by atoms with Crippen LogP contribution in [0.1, 0.15) is 91.4 Å². The summed E-state index contributed by atoms with van der Waals surface area (Å²) in [5, 5.41) is 7.29. The monoisotopic (exact) mass is 517 g/mol.